The maximum absolute atomic E-state index is 11.4. The van der Waals surface area contributed by atoms with E-state index < -0.39 is 6.10 Å². The Kier molecular flexibility index (Phi) is 4.50. The van der Waals surface area contributed by atoms with Gasteiger partial charge in [0.15, 0.2) is 0 Å². The molecule has 4 nitrogen and oxygen atoms in total. The number of esters is 1. The van der Waals surface area contributed by atoms with Crippen molar-refractivity contribution in [1.29, 1.82) is 0 Å². The van der Waals surface area contributed by atoms with E-state index in [0.29, 0.717) is 0 Å². The number of aliphatic hydroxyl groups is 1. The minimum absolute atomic E-state index is 0.141. The summed E-state index contributed by atoms with van der Waals surface area (Å²) >= 11 is 1.39. The molecule has 0 fully saturated rings. The Morgan fingerprint density at radius 2 is 1.95 bits per heavy atom. The van der Waals surface area contributed by atoms with E-state index in [1.54, 1.807) is 25.3 Å². The van der Waals surface area contributed by atoms with E-state index in [0.717, 1.165) is 11.3 Å². The molecule has 102 valence electrons. The monoisotopic (exact) mass is 280 g/mol. The molecule has 0 radical (unpaired) electrons. The summed E-state index contributed by atoms with van der Waals surface area (Å²) in [4.78, 5) is 11.4. The molecule has 2 rings (SSSR count). The number of aliphatic hydroxyl groups excluding tert-OH is 1. The fourth-order valence-electron chi connectivity index (χ4n) is 1.89. The third kappa shape index (κ3) is 3.11. The third-order valence-electron chi connectivity index (χ3n) is 2.98. The van der Waals surface area contributed by atoms with Gasteiger partial charge in [-0.3, -0.25) is 4.79 Å². The molecule has 0 saturated carbocycles. The van der Waals surface area contributed by atoms with Crippen LogP contribution in [0, 0.1) is 0 Å². The van der Waals surface area contributed by atoms with Gasteiger partial charge in [0.2, 0.25) is 0 Å². The van der Waals surface area contributed by atoms with Crippen molar-refractivity contribution in [3.63, 3.8) is 0 Å². The Morgan fingerprint density at radius 1 is 1.26 bits per heavy atom. The first kappa shape index (κ1) is 14.0. The number of ether oxygens (including phenoxy) is 2. The molecule has 1 N–H and O–H groups in total. The molecular formula is C14H16O4S. The molecule has 0 aliphatic carbocycles. The second-order valence-corrected chi connectivity index (χ2v) is 5.47. The second kappa shape index (κ2) is 6.12. The molecule has 1 aliphatic heterocycles. The first-order valence-electron chi connectivity index (χ1n) is 5.89. The summed E-state index contributed by atoms with van der Waals surface area (Å²) in [5, 5.41) is 9.82. The van der Waals surface area contributed by atoms with Gasteiger partial charge in [0.1, 0.15) is 11.0 Å². The van der Waals surface area contributed by atoms with Crippen LogP contribution in [0.5, 0.6) is 5.75 Å². The summed E-state index contributed by atoms with van der Waals surface area (Å²) in [5.74, 6) is 0.462. The van der Waals surface area contributed by atoms with Crippen molar-refractivity contribution in [1.82, 2.24) is 0 Å². The molecular weight excluding hydrogens is 264 g/mol. The quantitative estimate of drug-likeness (QED) is 0.675. The molecule has 1 aromatic rings. The van der Waals surface area contributed by atoms with Crippen LogP contribution in [0.15, 0.2) is 36.4 Å². The van der Waals surface area contributed by atoms with Gasteiger partial charge in [-0.25, -0.2) is 0 Å². The van der Waals surface area contributed by atoms with Crippen LogP contribution in [0.25, 0.3) is 0 Å². The van der Waals surface area contributed by atoms with E-state index in [-0.39, 0.29) is 16.5 Å². The Morgan fingerprint density at radius 3 is 2.53 bits per heavy atom. The average Bonchev–Trinajstić information content (AvgIpc) is 2.95. The van der Waals surface area contributed by atoms with Crippen LogP contribution in [0.1, 0.15) is 11.7 Å². The number of methoxy groups -OCH3 is 2. The summed E-state index contributed by atoms with van der Waals surface area (Å²) in [6.45, 7) is 0. The zero-order valence-corrected chi connectivity index (χ0v) is 11.6. The third-order valence-corrected chi connectivity index (χ3v) is 4.35. The molecule has 1 heterocycles. The van der Waals surface area contributed by atoms with Crippen LogP contribution in [-0.2, 0) is 9.53 Å². The lowest BCUT2D eigenvalue weighted by Gasteiger charge is -2.18. The van der Waals surface area contributed by atoms with Gasteiger partial charge in [-0.05, 0) is 17.7 Å². The van der Waals surface area contributed by atoms with Crippen molar-refractivity contribution in [2.45, 2.75) is 16.6 Å². The van der Waals surface area contributed by atoms with Crippen LogP contribution in [-0.4, -0.2) is 35.8 Å². The summed E-state index contributed by atoms with van der Waals surface area (Å²) in [7, 11) is 2.96. The highest BCUT2D eigenvalue weighted by Crippen LogP contribution is 2.36. The number of hydrogen-bond donors (Lipinski definition) is 1. The highest BCUT2D eigenvalue weighted by molar-refractivity contribution is 8.01. The smallest absolute Gasteiger partial charge is 0.322 e. The minimum Gasteiger partial charge on any atom is -0.497 e. The van der Waals surface area contributed by atoms with Crippen LogP contribution in [0.2, 0.25) is 0 Å². The van der Waals surface area contributed by atoms with Crippen molar-refractivity contribution in [2.24, 2.45) is 0 Å². The van der Waals surface area contributed by atoms with Gasteiger partial charge >= 0.3 is 5.97 Å². The fraction of sp³-hybridized carbons (Fsp3) is 0.357. The number of carbonyl (C=O) groups is 1. The Hall–Kier alpha value is -1.46. The van der Waals surface area contributed by atoms with Crippen molar-refractivity contribution >= 4 is 17.7 Å². The van der Waals surface area contributed by atoms with Gasteiger partial charge in [-0.2, -0.15) is 0 Å². The topological polar surface area (TPSA) is 55.8 Å². The lowest BCUT2D eigenvalue weighted by molar-refractivity contribution is -0.138. The predicted octanol–water partition coefficient (Wildman–Crippen LogP) is 1.94. The molecule has 5 heteroatoms. The van der Waals surface area contributed by atoms with Crippen LogP contribution in [0.4, 0.5) is 0 Å². The van der Waals surface area contributed by atoms with Gasteiger partial charge in [0.05, 0.1) is 25.6 Å². The molecule has 0 bridgehead atoms. The van der Waals surface area contributed by atoms with Gasteiger partial charge in [-0.15, -0.1) is 11.8 Å². The highest BCUT2D eigenvalue weighted by Gasteiger charge is 2.31. The van der Waals surface area contributed by atoms with E-state index in [1.807, 2.05) is 18.2 Å². The first-order valence-corrected chi connectivity index (χ1v) is 6.83. The van der Waals surface area contributed by atoms with Gasteiger partial charge in [0, 0.05) is 0 Å². The van der Waals surface area contributed by atoms with E-state index in [1.165, 1.54) is 18.9 Å². The number of hydrogen-bond acceptors (Lipinski definition) is 5. The lowest BCUT2D eigenvalue weighted by Crippen LogP contribution is -2.17. The molecule has 0 unspecified atom stereocenters. The zero-order chi connectivity index (χ0) is 13.8. The average molecular weight is 280 g/mol. The molecule has 0 aromatic heterocycles. The standard InChI is InChI=1S/C14H16O4S/c1-17-10-5-3-9(4-6-10)13(15)11-7-8-12(19-11)14(16)18-2/h3-8,11-13,15H,1-2H3/t11-,12+,13-/m1/s1. The lowest BCUT2D eigenvalue weighted by atomic mass is 10.1. The van der Waals surface area contributed by atoms with Gasteiger partial charge in [-0.1, -0.05) is 24.3 Å². The molecule has 1 aromatic carbocycles. The van der Waals surface area contributed by atoms with Crippen molar-refractivity contribution in [3.8, 4) is 5.75 Å². The fourth-order valence-corrected chi connectivity index (χ4v) is 3.11. The van der Waals surface area contributed by atoms with Crippen molar-refractivity contribution in [2.75, 3.05) is 14.2 Å². The van der Waals surface area contributed by atoms with Crippen molar-refractivity contribution in [3.05, 3.63) is 42.0 Å². The summed E-state index contributed by atoms with van der Waals surface area (Å²) < 4.78 is 9.76. The summed E-state index contributed by atoms with van der Waals surface area (Å²) in [6, 6.07) is 7.26. The van der Waals surface area contributed by atoms with E-state index in [9.17, 15) is 9.90 Å². The van der Waals surface area contributed by atoms with E-state index in [2.05, 4.69) is 4.74 Å². The zero-order valence-electron chi connectivity index (χ0n) is 10.8. The van der Waals surface area contributed by atoms with E-state index >= 15 is 0 Å². The summed E-state index contributed by atoms with van der Waals surface area (Å²) in [5.41, 5.74) is 0.800. The molecule has 19 heavy (non-hydrogen) atoms. The maximum atomic E-state index is 11.4. The highest BCUT2D eigenvalue weighted by atomic mass is 32.2. The Labute approximate surface area is 116 Å². The molecule has 0 saturated heterocycles. The number of rotatable bonds is 4. The second-order valence-electron chi connectivity index (χ2n) is 4.15. The SMILES string of the molecule is COC(=O)[C@@H]1C=C[C@H]([C@H](O)c2ccc(OC)cc2)S1. The number of carbonyl (C=O) groups excluding carboxylic acids is 1. The number of benzene rings is 1. The predicted molar refractivity (Wildman–Crippen MR) is 74.3 cm³/mol. The molecule has 0 amide bonds. The molecule has 3 atom stereocenters. The van der Waals surface area contributed by atoms with Crippen LogP contribution >= 0.6 is 11.8 Å². The largest absolute Gasteiger partial charge is 0.497 e. The molecule has 1 aliphatic rings. The molecule has 0 spiro atoms. The van der Waals surface area contributed by atoms with Crippen LogP contribution in [0.3, 0.4) is 0 Å². The maximum Gasteiger partial charge on any atom is 0.322 e. The normalized spacial score (nSPS) is 23.1. The Balaban J connectivity index is 2.03. The Bertz CT molecular complexity index is 469. The minimum atomic E-state index is -0.651. The first-order chi connectivity index (χ1) is 9.15. The summed E-state index contributed by atoms with van der Waals surface area (Å²) in [6.07, 6.45) is 2.97. The number of thioether (sulfide) groups is 1. The van der Waals surface area contributed by atoms with Gasteiger partial charge < -0.3 is 14.6 Å². The van der Waals surface area contributed by atoms with E-state index in [4.69, 9.17) is 4.74 Å². The van der Waals surface area contributed by atoms with Crippen molar-refractivity contribution < 1.29 is 19.4 Å². The van der Waals surface area contributed by atoms with Gasteiger partial charge in [0.25, 0.3) is 0 Å². The van der Waals surface area contributed by atoms with Crippen LogP contribution < -0.4 is 4.74 Å².